The van der Waals surface area contributed by atoms with Crippen molar-refractivity contribution >= 4 is 23.6 Å². The summed E-state index contributed by atoms with van der Waals surface area (Å²) in [5, 5.41) is 8.68. The van der Waals surface area contributed by atoms with Gasteiger partial charge in [0.1, 0.15) is 0 Å². The minimum atomic E-state index is -1.38. The van der Waals surface area contributed by atoms with Crippen LogP contribution in [0.3, 0.4) is 0 Å². The fourth-order valence-electron chi connectivity index (χ4n) is 1.63. The molecule has 5 heteroatoms. The Morgan fingerprint density at radius 2 is 2.06 bits per heavy atom. The Kier molecular flexibility index (Phi) is 3.14. The van der Waals surface area contributed by atoms with Crippen molar-refractivity contribution in [3.63, 3.8) is 0 Å². The number of aliphatic carboxylic acids is 1. The van der Waals surface area contributed by atoms with Gasteiger partial charge in [0.25, 0.3) is 0 Å². The maximum absolute atomic E-state index is 11.4. The molecular weight excluding hydrogens is 226 g/mol. The van der Waals surface area contributed by atoms with Gasteiger partial charge in [0.05, 0.1) is 0 Å². The van der Waals surface area contributed by atoms with Crippen LogP contribution < -0.4 is 0 Å². The lowest BCUT2D eigenvalue weighted by Gasteiger charge is -2.17. The van der Waals surface area contributed by atoms with Crippen molar-refractivity contribution < 1.29 is 14.7 Å². The highest BCUT2D eigenvalue weighted by Gasteiger charge is 2.23. The number of carbonyl (C=O) groups excluding carboxylic acids is 1. The highest BCUT2D eigenvalue weighted by atomic mass is 32.2. The molecule has 0 atom stereocenters. The van der Waals surface area contributed by atoms with Crippen LogP contribution in [0.25, 0.3) is 0 Å². The van der Waals surface area contributed by atoms with Gasteiger partial charge in [0, 0.05) is 23.7 Å². The van der Waals surface area contributed by atoms with Crippen LogP contribution in [0.15, 0.2) is 29.2 Å². The fraction of sp³-hybridized carbons (Fsp3) is 0.273. The van der Waals surface area contributed by atoms with Gasteiger partial charge in [-0.25, -0.2) is 4.79 Å². The molecule has 0 fully saturated rings. The van der Waals surface area contributed by atoms with E-state index >= 15 is 0 Å². The molecule has 1 heterocycles. The lowest BCUT2D eigenvalue weighted by molar-refractivity contribution is -0.156. The quantitative estimate of drug-likeness (QED) is 0.689. The average molecular weight is 237 g/mol. The SMILES string of the molecule is O=C(O)C(=O)N1CCSc2ccccc2C1. The van der Waals surface area contributed by atoms with Crippen LogP contribution in [-0.2, 0) is 16.1 Å². The number of carboxylic acid groups (broad SMARTS) is 1. The van der Waals surface area contributed by atoms with E-state index in [9.17, 15) is 9.59 Å². The summed E-state index contributed by atoms with van der Waals surface area (Å²) < 4.78 is 0. The van der Waals surface area contributed by atoms with Crippen molar-refractivity contribution in [2.75, 3.05) is 12.3 Å². The van der Waals surface area contributed by atoms with Gasteiger partial charge >= 0.3 is 11.9 Å². The molecule has 0 spiro atoms. The monoisotopic (exact) mass is 237 g/mol. The van der Waals surface area contributed by atoms with E-state index in [0.29, 0.717) is 13.1 Å². The number of carbonyl (C=O) groups is 2. The summed E-state index contributed by atoms with van der Waals surface area (Å²) in [7, 11) is 0. The molecule has 0 unspecified atom stereocenters. The molecule has 0 radical (unpaired) electrons. The number of rotatable bonds is 0. The third kappa shape index (κ3) is 2.19. The minimum absolute atomic E-state index is 0.383. The lowest BCUT2D eigenvalue weighted by Crippen LogP contribution is -2.36. The number of nitrogens with zero attached hydrogens (tertiary/aromatic N) is 1. The maximum atomic E-state index is 11.4. The third-order valence-electron chi connectivity index (χ3n) is 2.42. The Morgan fingerprint density at radius 1 is 1.31 bits per heavy atom. The second-order valence-corrected chi connectivity index (χ2v) is 4.62. The van der Waals surface area contributed by atoms with Gasteiger partial charge in [0.15, 0.2) is 0 Å². The second-order valence-electron chi connectivity index (χ2n) is 3.49. The van der Waals surface area contributed by atoms with Crippen LogP contribution in [0, 0.1) is 0 Å². The molecule has 0 aromatic heterocycles. The molecule has 1 N–H and O–H groups in total. The predicted octanol–water partition coefficient (Wildman–Crippen LogP) is 1.21. The molecule has 0 saturated heterocycles. The number of amides is 1. The van der Waals surface area contributed by atoms with Crippen LogP contribution in [0.4, 0.5) is 0 Å². The van der Waals surface area contributed by atoms with Gasteiger partial charge in [-0.1, -0.05) is 18.2 Å². The number of thioether (sulfide) groups is 1. The van der Waals surface area contributed by atoms with Gasteiger partial charge in [-0.3, -0.25) is 4.79 Å². The second kappa shape index (κ2) is 4.57. The van der Waals surface area contributed by atoms with E-state index in [1.165, 1.54) is 4.90 Å². The van der Waals surface area contributed by atoms with Crippen molar-refractivity contribution in [2.24, 2.45) is 0 Å². The van der Waals surface area contributed by atoms with Crippen molar-refractivity contribution in [1.82, 2.24) is 4.90 Å². The Morgan fingerprint density at radius 3 is 2.81 bits per heavy atom. The van der Waals surface area contributed by atoms with Gasteiger partial charge in [0.2, 0.25) is 0 Å². The highest BCUT2D eigenvalue weighted by molar-refractivity contribution is 7.99. The molecule has 1 amide bonds. The van der Waals surface area contributed by atoms with E-state index in [-0.39, 0.29) is 0 Å². The highest BCUT2D eigenvalue weighted by Crippen LogP contribution is 2.26. The third-order valence-corrected chi connectivity index (χ3v) is 3.52. The molecule has 0 bridgehead atoms. The summed E-state index contributed by atoms with van der Waals surface area (Å²) in [4.78, 5) is 24.5. The summed E-state index contributed by atoms with van der Waals surface area (Å²) in [6.07, 6.45) is 0. The molecule has 1 aliphatic rings. The summed E-state index contributed by atoms with van der Waals surface area (Å²) in [5.41, 5.74) is 1.01. The number of carboxylic acids is 1. The molecule has 1 aromatic rings. The number of hydrogen-bond donors (Lipinski definition) is 1. The Balaban J connectivity index is 2.23. The van der Waals surface area contributed by atoms with E-state index in [0.717, 1.165) is 16.2 Å². The first-order valence-electron chi connectivity index (χ1n) is 4.91. The van der Waals surface area contributed by atoms with Gasteiger partial charge in [-0.2, -0.15) is 0 Å². The van der Waals surface area contributed by atoms with Gasteiger partial charge in [-0.15, -0.1) is 11.8 Å². The number of fused-ring (bicyclic) bond motifs is 1. The average Bonchev–Trinajstić information content (AvgIpc) is 2.49. The van der Waals surface area contributed by atoms with E-state index in [4.69, 9.17) is 5.11 Å². The maximum Gasteiger partial charge on any atom is 0.394 e. The first-order chi connectivity index (χ1) is 7.68. The zero-order chi connectivity index (χ0) is 11.5. The summed E-state index contributed by atoms with van der Waals surface area (Å²) in [5.74, 6) is -1.47. The Hall–Kier alpha value is -1.49. The summed E-state index contributed by atoms with van der Waals surface area (Å²) >= 11 is 1.66. The summed E-state index contributed by atoms with van der Waals surface area (Å²) in [6, 6.07) is 7.76. The first-order valence-corrected chi connectivity index (χ1v) is 5.90. The van der Waals surface area contributed by atoms with Crippen molar-refractivity contribution in [3.8, 4) is 0 Å². The number of benzene rings is 1. The van der Waals surface area contributed by atoms with Crippen LogP contribution in [0.5, 0.6) is 0 Å². The minimum Gasteiger partial charge on any atom is -0.474 e. The van der Waals surface area contributed by atoms with Crippen LogP contribution >= 0.6 is 11.8 Å². The van der Waals surface area contributed by atoms with Crippen LogP contribution in [0.1, 0.15) is 5.56 Å². The molecule has 4 nitrogen and oxygen atoms in total. The molecule has 84 valence electrons. The Labute approximate surface area is 97.3 Å². The molecular formula is C11H11NO3S. The largest absolute Gasteiger partial charge is 0.474 e. The van der Waals surface area contributed by atoms with E-state index in [2.05, 4.69) is 0 Å². The zero-order valence-corrected chi connectivity index (χ0v) is 9.37. The molecule has 16 heavy (non-hydrogen) atoms. The van der Waals surface area contributed by atoms with E-state index < -0.39 is 11.9 Å². The standard InChI is InChI=1S/C11H11NO3S/c13-10(11(14)15)12-5-6-16-9-4-2-1-3-8(9)7-12/h1-4H,5-7H2,(H,14,15). The number of hydrogen-bond acceptors (Lipinski definition) is 3. The van der Waals surface area contributed by atoms with Crippen LogP contribution in [0.2, 0.25) is 0 Å². The fourth-order valence-corrected chi connectivity index (χ4v) is 2.66. The molecule has 2 rings (SSSR count). The van der Waals surface area contributed by atoms with Gasteiger partial charge in [-0.05, 0) is 11.6 Å². The van der Waals surface area contributed by atoms with Gasteiger partial charge < -0.3 is 10.0 Å². The van der Waals surface area contributed by atoms with Crippen LogP contribution in [-0.4, -0.2) is 34.2 Å². The van der Waals surface area contributed by atoms with Crippen molar-refractivity contribution in [1.29, 1.82) is 0 Å². The van der Waals surface area contributed by atoms with Crippen molar-refractivity contribution in [2.45, 2.75) is 11.4 Å². The lowest BCUT2D eigenvalue weighted by atomic mass is 10.2. The topological polar surface area (TPSA) is 57.6 Å². The predicted molar refractivity (Wildman–Crippen MR) is 60.2 cm³/mol. The normalized spacial score (nSPS) is 15.1. The molecule has 1 aromatic carbocycles. The van der Waals surface area contributed by atoms with E-state index in [1.807, 2.05) is 24.3 Å². The Bertz CT molecular complexity index is 433. The zero-order valence-electron chi connectivity index (χ0n) is 8.55. The molecule has 0 saturated carbocycles. The van der Waals surface area contributed by atoms with E-state index in [1.54, 1.807) is 11.8 Å². The van der Waals surface area contributed by atoms with Crippen molar-refractivity contribution in [3.05, 3.63) is 29.8 Å². The molecule has 0 aliphatic carbocycles. The summed E-state index contributed by atoms with van der Waals surface area (Å²) in [6.45, 7) is 0.860. The molecule has 1 aliphatic heterocycles. The first kappa shape index (κ1) is 11.0. The smallest absolute Gasteiger partial charge is 0.394 e.